The van der Waals surface area contributed by atoms with Crippen LogP contribution >= 0.6 is 11.8 Å². The maximum Gasteiger partial charge on any atom is 0.289 e. The third kappa shape index (κ3) is 4.47. The summed E-state index contributed by atoms with van der Waals surface area (Å²) in [5.74, 6) is 0.606. The molecule has 3 aliphatic heterocycles. The van der Waals surface area contributed by atoms with Gasteiger partial charge in [0.25, 0.3) is 6.17 Å². The number of rotatable bonds is 4. The second-order valence-electron chi connectivity index (χ2n) is 10.5. The number of fused-ring (bicyclic) bond motifs is 3. The van der Waals surface area contributed by atoms with Gasteiger partial charge < -0.3 is 9.84 Å². The molecule has 3 heterocycles. The molecule has 0 saturated carbocycles. The predicted molar refractivity (Wildman–Crippen MR) is 128 cm³/mol. The summed E-state index contributed by atoms with van der Waals surface area (Å²) < 4.78 is 5.82. The van der Waals surface area contributed by atoms with Crippen LogP contribution in [0.4, 0.5) is 0 Å². The lowest BCUT2D eigenvalue weighted by molar-refractivity contribution is -0.626. The van der Waals surface area contributed by atoms with Crippen molar-refractivity contribution in [3.8, 4) is 0 Å². The molecule has 0 bridgehead atoms. The van der Waals surface area contributed by atoms with Crippen LogP contribution in [0.5, 0.6) is 0 Å². The molecule has 1 aromatic rings. The summed E-state index contributed by atoms with van der Waals surface area (Å²) in [6, 6.07) is 8.23. The maximum atomic E-state index is 12.7. The Hall–Kier alpha value is -1.48. The average molecular weight is 462 g/mol. The lowest BCUT2D eigenvalue weighted by atomic mass is 9.84. The molecule has 0 aliphatic carbocycles. The first-order valence-corrected chi connectivity index (χ1v) is 12.6. The first-order chi connectivity index (χ1) is 15.0. The summed E-state index contributed by atoms with van der Waals surface area (Å²) in [5.41, 5.74) is 6.05. The molecule has 0 aromatic heterocycles. The predicted octanol–water partition coefficient (Wildman–Crippen LogP) is 3.67. The Morgan fingerprint density at radius 2 is 1.91 bits per heavy atom. The number of aliphatic hydroxyl groups excluding tert-OH is 1. The summed E-state index contributed by atoms with van der Waals surface area (Å²) in [6.45, 7) is 14.4. The van der Waals surface area contributed by atoms with E-state index in [-0.39, 0.29) is 29.7 Å². The molecule has 8 heteroatoms. The van der Waals surface area contributed by atoms with Crippen LogP contribution in [-0.2, 0) is 4.74 Å². The van der Waals surface area contributed by atoms with E-state index in [2.05, 4.69) is 55.4 Å². The normalized spacial score (nSPS) is 36.2. The summed E-state index contributed by atoms with van der Waals surface area (Å²) in [4.78, 5) is 21.2. The van der Waals surface area contributed by atoms with Crippen LogP contribution in [0.15, 0.2) is 29.3 Å². The molecule has 32 heavy (non-hydrogen) atoms. The summed E-state index contributed by atoms with van der Waals surface area (Å²) in [7, 11) is 0. The Morgan fingerprint density at radius 1 is 1.25 bits per heavy atom. The molecule has 2 N–H and O–H groups in total. The van der Waals surface area contributed by atoms with E-state index in [0.29, 0.717) is 17.6 Å². The number of hydrogen-bond acceptors (Lipinski definition) is 6. The number of ether oxygens (including phenoxy) is 1. The molecule has 8 atom stereocenters. The van der Waals surface area contributed by atoms with E-state index in [1.807, 2.05) is 39.5 Å². The third-order valence-electron chi connectivity index (χ3n) is 6.88. The fourth-order valence-corrected chi connectivity index (χ4v) is 6.96. The van der Waals surface area contributed by atoms with Gasteiger partial charge in [0.2, 0.25) is 0 Å². The molecule has 0 spiro atoms. The van der Waals surface area contributed by atoms with E-state index < -0.39 is 11.9 Å². The third-order valence-corrected chi connectivity index (χ3v) is 8.55. The first kappa shape index (κ1) is 23.7. The van der Waals surface area contributed by atoms with Gasteiger partial charge in [0.15, 0.2) is 12.5 Å². The smallest absolute Gasteiger partial charge is 0.289 e. The summed E-state index contributed by atoms with van der Waals surface area (Å²) in [5, 5.41) is 11.3. The molecule has 7 unspecified atom stereocenters. The molecule has 4 rings (SSSR count). The van der Waals surface area contributed by atoms with Gasteiger partial charge in [0, 0.05) is 30.2 Å². The number of benzene rings is 1. The SMILES string of the molecule is Cc1ccc(C2=N[C@@H](CC(O)OC(C)(C)C)C3N[N+](=O)C(C)N3C3SC(C)C(C)C23)cc1. The van der Waals surface area contributed by atoms with E-state index >= 15 is 0 Å². The molecule has 0 radical (unpaired) electrons. The van der Waals surface area contributed by atoms with Crippen molar-refractivity contribution in [3.63, 3.8) is 0 Å². The van der Waals surface area contributed by atoms with Crippen molar-refractivity contribution < 1.29 is 14.7 Å². The Bertz CT molecular complexity index is 884. The van der Waals surface area contributed by atoms with Gasteiger partial charge in [0.1, 0.15) is 4.87 Å². The fraction of sp³-hybridized carbons (Fsp3) is 0.708. The van der Waals surface area contributed by atoms with Crippen LogP contribution < -0.4 is 5.43 Å². The number of hydrogen-bond donors (Lipinski definition) is 2. The highest BCUT2D eigenvalue weighted by molar-refractivity contribution is 8.00. The molecule has 1 aromatic carbocycles. The van der Waals surface area contributed by atoms with Crippen molar-refractivity contribution >= 4 is 17.5 Å². The van der Waals surface area contributed by atoms with E-state index in [9.17, 15) is 10.0 Å². The highest BCUT2D eigenvalue weighted by Crippen LogP contribution is 2.49. The Morgan fingerprint density at radius 3 is 2.53 bits per heavy atom. The zero-order valence-electron chi connectivity index (χ0n) is 20.1. The minimum atomic E-state index is -0.968. The average Bonchev–Trinajstić information content (AvgIpc) is 3.09. The second-order valence-corrected chi connectivity index (χ2v) is 12.0. The molecule has 0 amide bonds. The van der Waals surface area contributed by atoms with Gasteiger partial charge in [-0.05, 0) is 39.2 Å². The van der Waals surface area contributed by atoms with E-state index in [1.54, 1.807) is 0 Å². The lowest BCUT2D eigenvalue weighted by Gasteiger charge is -2.31. The van der Waals surface area contributed by atoms with Crippen molar-refractivity contribution in [3.05, 3.63) is 40.3 Å². The Balaban J connectivity index is 1.79. The van der Waals surface area contributed by atoms with E-state index in [4.69, 9.17) is 9.73 Å². The van der Waals surface area contributed by atoms with Gasteiger partial charge in [-0.25, -0.2) is 0 Å². The molecule has 7 nitrogen and oxygen atoms in total. The zero-order chi connectivity index (χ0) is 23.4. The molecular weight excluding hydrogens is 424 g/mol. The quantitative estimate of drug-likeness (QED) is 0.526. The molecule has 2 saturated heterocycles. The van der Waals surface area contributed by atoms with E-state index in [0.717, 1.165) is 16.1 Å². The fourth-order valence-electron chi connectivity index (χ4n) is 5.11. The number of aryl methyl sites for hydroxylation is 1. The van der Waals surface area contributed by atoms with Crippen LogP contribution in [0.25, 0.3) is 0 Å². The van der Waals surface area contributed by atoms with Crippen LogP contribution in [0, 0.1) is 23.7 Å². The minimum absolute atomic E-state index is 0.136. The van der Waals surface area contributed by atoms with Crippen molar-refractivity contribution in [2.24, 2.45) is 16.8 Å². The lowest BCUT2D eigenvalue weighted by Crippen LogP contribution is -2.51. The van der Waals surface area contributed by atoms with Crippen molar-refractivity contribution in [1.82, 2.24) is 10.3 Å². The van der Waals surface area contributed by atoms with Crippen LogP contribution in [-0.4, -0.2) is 61.5 Å². The van der Waals surface area contributed by atoms with Gasteiger partial charge in [-0.3, -0.25) is 4.99 Å². The van der Waals surface area contributed by atoms with Crippen molar-refractivity contribution in [1.29, 1.82) is 0 Å². The Labute approximate surface area is 195 Å². The van der Waals surface area contributed by atoms with Gasteiger partial charge in [-0.2, -0.15) is 4.90 Å². The number of thioether (sulfide) groups is 1. The van der Waals surface area contributed by atoms with Crippen molar-refractivity contribution in [2.75, 3.05) is 0 Å². The van der Waals surface area contributed by atoms with Crippen LogP contribution in [0.1, 0.15) is 59.1 Å². The van der Waals surface area contributed by atoms with Crippen LogP contribution in [0.2, 0.25) is 0 Å². The van der Waals surface area contributed by atoms with Crippen molar-refractivity contribution in [2.45, 2.75) is 95.8 Å². The molecule has 2 fully saturated rings. The van der Waals surface area contributed by atoms with Gasteiger partial charge in [0.05, 0.1) is 21.9 Å². The standard InChI is InChI=1S/C24H37N4O3S/c1-13-8-10-17(11-9-13)21-20-14(2)15(3)32-23(20)27-16(4)28(30)26-22(27)18(25-21)12-19(29)31-24(5,6)7/h8-11,14-16,18-20,22-23,29H,12H2,1-7H3,(H,26,30)/q+1/t14?,15?,16?,18-,19?,20?,22?,23?/m0/s1. The largest absolute Gasteiger partial charge is 0.368 e. The number of hydrazine groups is 1. The second kappa shape index (κ2) is 8.70. The molecule has 3 aliphatic rings. The number of nitrogens with zero attached hydrogens (tertiary/aromatic N) is 3. The van der Waals surface area contributed by atoms with Gasteiger partial charge >= 0.3 is 0 Å². The molecular formula is C24H37N4O3S+. The summed E-state index contributed by atoms with van der Waals surface area (Å²) >= 11 is 1.93. The van der Waals surface area contributed by atoms with Gasteiger partial charge in [-0.15, -0.1) is 17.2 Å². The number of aliphatic imine (C=N–C) groups is 1. The minimum Gasteiger partial charge on any atom is -0.368 e. The highest BCUT2D eigenvalue weighted by atomic mass is 32.2. The number of aliphatic hydroxyl groups is 1. The molecule has 176 valence electrons. The number of nitrogens with one attached hydrogen (secondary N) is 1. The maximum absolute atomic E-state index is 12.7. The van der Waals surface area contributed by atoms with E-state index in [1.165, 1.54) is 5.56 Å². The monoisotopic (exact) mass is 461 g/mol. The van der Waals surface area contributed by atoms with Crippen LogP contribution in [0.3, 0.4) is 0 Å². The Kier molecular flexibility index (Phi) is 6.44. The summed E-state index contributed by atoms with van der Waals surface area (Å²) in [6.07, 6.45) is -1.26. The topological polar surface area (TPSA) is 77.2 Å². The first-order valence-electron chi connectivity index (χ1n) is 11.6. The zero-order valence-corrected chi connectivity index (χ0v) is 21.0. The number of nitroso groups, excluding NO2 is 1. The highest BCUT2D eigenvalue weighted by Gasteiger charge is 2.59. The van der Waals surface area contributed by atoms with Gasteiger partial charge in [-0.1, -0.05) is 43.7 Å².